The molecule has 1 amide bonds. The van der Waals surface area contributed by atoms with Crippen LogP contribution in [0.5, 0.6) is 0 Å². The van der Waals surface area contributed by atoms with E-state index in [-0.39, 0.29) is 33.3 Å². The summed E-state index contributed by atoms with van der Waals surface area (Å²) in [4.78, 5) is 27.4. The molecule has 0 unspecified atom stereocenters. The lowest BCUT2D eigenvalue weighted by Crippen LogP contribution is -2.46. The van der Waals surface area contributed by atoms with Crippen molar-refractivity contribution in [3.05, 3.63) is 28.8 Å². The van der Waals surface area contributed by atoms with E-state index in [0.29, 0.717) is 19.5 Å². The number of carbonyl (C=O) groups is 2. The van der Waals surface area contributed by atoms with Crippen LogP contribution in [0, 0.1) is 5.92 Å². The SMILES string of the molecule is CCN(CC)S(=O)(=O)c1cc(C(=O)N2[C@@H]3CCCC[C@@H]3C[C@H]2C(=O)OC)ccc1Cl. The third kappa shape index (κ3) is 4.09. The van der Waals surface area contributed by atoms with Gasteiger partial charge in [0.15, 0.2) is 0 Å². The summed E-state index contributed by atoms with van der Waals surface area (Å²) in [6, 6.07) is 3.62. The van der Waals surface area contributed by atoms with Gasteiger partial charge in [0.05, 0.1) is 12.1 Å². The van der Waals surface area contributed by atoms with Gasteiger partial charge in [0.2, 0.25) is 10.0 Å². The summed E-state index contributed by atoms with van der Waals surface area (Å²) in [6.45, 7) is 4.10. The summed E-state index contributed by atoms with van der Waals surface area (Å²) >= 11 is 6.21. The van der Waals surface area contributed by atoms with E-state index in [9.17, 15) is 18.0 Å². The first-order valence-electron chi connectivity index (χ1n) is 10.5. The van der Waals surface area contributed by atoms with Gasteiger partial charge in [0.25, 0.3) is 5.91 Å². The van der Waals surface area contributed by atoms with Gasteiger partial charge in [-0.2, -0.15) is 4.31 Å². The van der Waals surface area contributed by atoms with E-state index in [4.69, 9.17) is 16.3 Å². The second-order valence-electron chi connectivity index (χ2n) is 7.83. The van der Waals surface area contributed by atoms with Crippen LogP contribution in [-0.2, 0) is 19.6 Å². The largest absolute Gasteiger partial charge is 0.467 e. The number of carbonyl (C=O) groups excluding carboxylic acids is 2. The van der Waals surface area contributed by atoms with Crippen LogP contribution in [0.2, 0.25) is 5.02 Å². The van der Waals surface area contributed by atoms with Crippen molar-refractivity contribution < 1.29 is 22.7 Å². The maximum atomic E-state index is 13.5. The Bertz CT molecular complexity index is 916. The number of nitrogens with zero attached hydrogens (tertiary/aromatic N) is 2. The number of ether oxygens (including phenoxy) is 1. The quantitative estimate of drug-likeness (QED) is 0.613. The average molecular weight is 457 g/mol. The van der Waals surface area contributed by atoms with Crippen LogP contribution < -0.4 is 0 Å². The molecule has 0 spiro atoms. The van der Waals surface area contributed by atoms with Crippen LogP contribution in [0.1, 0.15) is 56.3 Å². The van der Waals surface area contributed by atoms with Gasteiger partial charge in [0, 0.05) is 24.7 Å². The van der Waals surface area contributed by atoms with Gasteiger partial charge in [-0.05, 0) is 43.4 Å². The molecule has 1 saturated carbocycles. The minimum absolute atomic E-state index is 0.0335. The summed E-state index contributed by atoms with van der Waals surface area (Å²) < 4.78 is 32.3. The molecular formula is C21H29ClN2O5S. The summed E-state index contributed by atoms with van der Waals surface area (Å²) in [6.07, 6.45) is 4.48. The third-order valence-corrected chi connectivity index (χ3v) is 8.83. The lowest BCUT2D eigenvalue weighted by molar-refractivity contribution is -0.145. The van der Waals surface area contributed by atoms with E-state index in [0.717, 1.165) is 25.7 Å². The molecule has 2 aliphatic rings. The molecule has 1 aromatic carbocycles. The molecule has 7 nitrogen and oxygen atoms in total. The Labute approximate surface area is 183 Å². The smallest absolute Gasteiger partial charge is 0.328 e. The maximum Gasteiger partial charge on any atom is 0.328 e. The van der Waals surface area contributed by atoms with Gasteiger partial charge in [-0.15, -0.1) is 0 Å². The molecule has 0 N–H and O–H groups in total. The predicted molar refractivity (Wildman–Crippen MR) is 114 cm³/mol. The average Bonchev–Trinajstić information content (AvgIpc) is 3.13. The molecule has 1 saturated heterocycles. The van der Waals surface area contributed by atoms with Crippen molar-refractivity contribution in [2.24, 2.45) is 5.92 Å². The number of likely N-dealkylation sites (tertiary alicyclic amines) is 1. The van der Waals surface area contributed by atoms with Crippen molar-refractivity contribution in [3.63, 3.8) is 0 Å². The number of rotatable bonds is 6. The molecule has 3 atom stereocenters. The maximum absolute atomic E-state index is 13.5. The standard InChI is InChI=1S/C21H29ClN2O5S/c1-4-23(5-2)30(27,28)19-13-15(10-11-16(19)22)20(25)24-17-9-7-6-8-14(17)12-18(24)21(26)29-3/h10-11,13-14,17-18H,4-9,12H2,1-3H3/t14-,17-,18+/m1/s1. The van der Waals surface area contributed by atoms with Crippen LogP contribution in [0.15, 0.2) is 23.1 Å². The van der Waals surface area contributed by atoms with Crippen LogP contribution in [0.3, 0.4) is 0 Å². The van der Waals surface area contributed by atoms with E-state index >= 15 is 0 Å². The minimum Gasteiger partial charge on any atom is -0.467 e. The number of sulfonamides is 1. The van der Waals surface area contributed by atoms with Gasteiger partial charge in [0.1, 0.15) is 10.9 Å². The van der Waals surface area contributed by atoms with Crippen molar-refractivity contribution in [2.45, 2.75) is 62.9 Å². The molecule has 0 bridgehead atoms. The molecule has 9 heteroatoms. The monoisotopic (exact) mass is 456 g/mol. The number of esters is 1. The highest BCUT2D eigenvalue weighted by molar-refractivity contribution is 7.89. The zero-order chi connectivity index (χ0) is 22.1. The van der Waals surface area contributed by atoms with Gasteiger partial charge >= 0.3 is 5.97 Å². The topological polar surface area (TPSA) is 84.0 Å². The van der Waals surface area contributed by atoms with Gasteiger partial charge in [-0.1, -0.05) is 38.3 Å². The Morgan fingerprint density at radius 3 is 2.50 bits per heavy atom. The van der Waals surface area contributed by atoms with Crippen molar-refractivity contribution in [2.75, 3.05) is 20.2 Å². The molecule has 3 rings (SSSR count). The molecule has 1 aliphatic heterocycles. The Morgan fingerprint density at radius 1 is 1.20 bits per heavy atom. The van der Waals surface area contributed by atoms with E-state index in [2.05, 4.69) is 0 Å². The Hall–Kier alpha value is -1.64. The fourth-order valence-electron chi connectivity index (χ4n) is 4.78. The third-order valence-electron chi connectivity index (χ3n) is 6.30. The Morgan fingerprint density at radius 2 is 1.87 bits per heavy atom. The highest BCUT2D eigenvalue weighted by atomic mass is 35.5. The predicted octanol–water partition coefficient (Wildman–Crippen LogP) is 3.32. The number of methoxy groups -OCH3 is 1. The highest BCUT2D eigenvalue weighted by Gasteiger charge is 2.48. The van der Waals surface area contributed by atoms with E-state index in [1.54, 1.807) is 18.7 Å². The molecule has 0 radical (unpaired) electrons. The van der Waals surface area contributed by atoms with E-state index in [1.165, 1.54) is 29.6 Å². The lowest BCUT2D eigenvalue weighted by atomic mass is 9.84. The number of hydrogen-bond donors (Lipinski definition) is 0. The molecule has 30 heavy (non-hydrogen) atoms. The first kappa shape index (κ1) is 23.0. The van der Waals surface area contributed by atoms with E-state index in [1.807, 2.05) is 0 Å². The summed E-state index contributed by atoms with van der Waals surface area (Å²) in [7, 11) is -2.51. The van der Waals surface area contributed by atoms with Crippen molar-refractivity contribution >= 4 is 33.5 Å². The van der Waals surface area contributed by atoms with Crippen LogP contribution in [-0.4, -0.2) is 61.8 Å². The number of hydrogen-bond acceptors (Lipinski definition) is 5. The zero-order valence-corrected chi connectivity index (χ0v) is 19.2. The molecule has 2 fully saturated rings. The number of amides is 1. The minimum atomic E-state index is -3.83. The van der Waals surface area contributed by atoms with Crippen LogP contribution >= 0.6 is 11.6 Å². The van der Waals surface area contributed by atoms with E-state index < -0.39 is 22.0 Å². The number of fused-ring (bicyclic) bond motifs is 1. The molecular weight excluding hydrogens is 428 g/mol. The fraction of sp³-hybridized carbons (Fsp3) is 0.619. The molecule has 1 aliphatic carbocycles. The van der Waals surface area contributed by atoms with Crippen molar-refractivity contribution in [1.82, 2.24) is 9.21 Å². The van der Waals surface area contributed by atoms with Gasteiger partial charge in [-0.25, -0.2) is 13.2 Å². The number of benzene rings is 1. The first-order chi connectivity index (χ1) is 14.3. The zero-order valence-electron chi connectivity index (χ0n) is 17.6. The lowest BCUT2D eigenvalue weighted by Gasteiger charge is -2.33. The number of halogens is 1. The first-order valence-corrected chi connectivity index (χ1v) is 12.3. The summed E-state index contributed by atoms with van der Waals surface area (Å²) in [5, 5.41) is 0.0694. The fourth-order valence-corrected chi connectivity index (χ4v) is 6.74. The second kappa shape index (κ2) is 9.24. The van der Waals surface area contributed by atoms with Crippen LogP contribution in [0.4, 0.5) is 0 Å². The molecule has 1 aromatic rings. The Balaban J connectivity index is 2.00. The highest BCUT2D eigenvalue weighted by Crippen LogP contribution is 2.41. The molecule has 0 aromatic heterocycles. The van der Waals surface area contributed by atoms with Gasteiger partial charge in [-0.3, -0.25) is 4.79 Å². The van der Waals surface area contributed by atoms with Crippen molar-refractivity contribution in [3.8, 4) is 0 Å². The van der Waals surface area contributed by atoms with Crippen LogP contribution in [0.25, 0.3) is 0 Å². The second-order valence-corrected chi connectivity index (χ2v) is 10.1. The molecule has 1 heterocycles. The summed E-state index contributed by atoms with van der Waals surface area (Å²) in [5.74, 6) is -0.520. The van der Waals surface area contributed by atoms with Crippen molar-refractivity contribution in [1.29, 1.82) is 0 Å². The Kier molecular flexibility index (Phi) is 7.09. The van der Waals surface area contributed by atoms with Gasteiger partial charge < -0.3 is 9.64 Å². The summed E-state index contributed by atoms with van der Waals surface area (Å²) in [5.41, 5.74) is 0.213. The normalized spacial score (nSPS) is 24.0. The molecule has 166 valence electrons.